The minimum absolute atomic E-state index is 0.0725. The van der Waals surface area contributed by atoms with Crippen LogP contribution in [0.5, 0.6) is 0 Å². The number of hydrogen-bond acceptors (Lipinski definition) is 5. The van der Waals surface area contributed by atoms with Gasteiger partial charge >= 0.3 is 0 Å². The van der Waals surface area contributed by atoms with E-state index in [2.05, 4.69) is 20.4 Å². The molecule has 106 valence electrons. The second-order valence-electron chi connectivity index (χ2n) is 5.30. The lowest BCUT2D eigenvalue weighted by atomic mass is 10.0. The van der Waals surface area contributed by atoms with Gasteiger partial charge in [-0.25, -0.2) is 0 Å². The van der Waals surface area contributed by atoms with Gasteiger partial charge in [0.05, 0.1) is 12.6 Å². The Hall–Kier alpha value is -1.43. The Kier molecular flexibility index (Phi) is 4.52. The van der Waals surface area contributed by atoms with E-state index >= 15 is 0 Å². The van der Waals surface area contributed by atoms with E-state index < -0.39 is 0 Å². The van der Waals surface area contributed by atoms with Gasteiger partial charge in [0.1, 0.15) is 0 Å². The number of piperidine rings is 1. The maximum Gasteiger partial charge on any atom is 0.240 e. The minimum atomic E-state index is -0.0758. The fraction of sp³-hybridized carbons (Fsp3) is 0.769. The number of likely N-dealkylation sites (N-methyl/N-ethyl adjacent to an activating group) is 1. The van der Waals surface area contributed by atoms with Crippen LogP contribution in [0.4, 0.5) is 0 Å². The molecule has 1 atom stereocenters. The second-order valence-corrected chi connectivity index (χ2v) is 5.30. The van der Waals surface area contributed by atoms with Gasteiger partial charge in [0.15, 0.2) is 5.82 Å². The summed E-state index contributed by atoms with van der Waals surface area (Å²) >= 11 is 0. The van der Waals surface area contributed by atoms with Gasteiger partial charge in [-0.1, -0.05) is 25.4 Å². The van der Waals surface area contributed by atoms with Gasteiger partial charge in [-0.05, 0) is 19.4 Å². The number of carbonyl (C=O) groups is 1. The summed E-state index contributed by atoms with van der Waals surface area (Å²) < 4.78 is 5.26. The van der Waals surface area contributed by atoms with Crippen LogP contribution in [0.3, 0.4) is 0 Å². The van der Waals surface area contributed by atoms with E-state index in [9.17, 15) is 4.79 Å². The summed E-state index contributed by atoms with van der Waals surface area (Å²) in [6.45, 7) is 5.51. The Labute approximate surface area is 113 Å². The average molecular weight is 266 g/mol. The number of hydrogen-bond donors (Lipinski definition) is 1. The lowest BCUT2D eigenvalue weighted by Gasteiger charge is -2.33. The normalized spacial score (nSPS) is 20.7. The number of aromatic nitrogens is 2. The van der Waals surface area contributed by atoms with Gasteiger partial charge in [0, 0.05) is 13.0 Å². The molecule has 1 aromatic heterocycles. The van der Waals surface area contributed by atoms with Crippen molar-refractivity contribution in [2.24, 2.45) is 0 Å². The highest BCUT2D eigenvalue weighted by Gasteiger charge is 2.29. The molecule has 0 spiro atoms. The second kappa shape index (κ2) is 6.14. The smallest absolute Gasteiger partial charge is 0.240 e. The fourth-order valence-corrected chi connectivity index (χ4v) is 2.38. The van der Waals surface area contributed by atoms with Crippen LogP contribution in [0.25, 0.3) is 0 Å². The van der Waals surface area contributed by atoms with Crippen molar-refractivity contribution in [2.75, 3.05) is 13.6 Å². The number of nitrogens with zero attached hydrogens (tertiary/aromatic N) is 3. The molecule has 6 heteroatoms. The molecule has 1 aliphatic rings. The maximum atomic E-state index is 11.9. The lowest BCUT2D eigenvalue weighted by molar-refractivity contribution is -0.127. The van der Waals surface area contributed by atoms with Crippen molar-refractivity contribution >= 4 is 5.91 Å². The van der Waals surface area contributed by atoms with E-state index in [1.807, 2.05) is 13.8 Å². The molecule has 1 amide bonds. The number of rotatable bonds is 4. The average Bonchev–Trinajstić information content (AvgIpc) is 2.87. The zero-order chi connectivity index (χ0) is 13.8. The molecule has 1 aromatic rings. The van der Waals surface area contributed by atoms with Crippen LogP contribution in [-0.2, 0) is 11.3 Å². The van der Waals surface area contributed by atoms with Crippen molar-refractivity contribution in [1.29, 1.82) is 0 Å². The molecule has 0 radical (unpaired) electrons. The van der Waals surface area contributed by atoms with Gasteiger partial charge < -0.3 is 9.84 Å². The van der Waals surface area contributed by atoms with Crippen molar-refractivity contribution in [3.63, 3.8) is 0 Å². The zero-order valence-corrected chi connectivity index (χ0v) is 11.8. The van der Waals surface area contributed by atoms with Crippen molar-refractivity contribution in [1.82, 2.24) is 20.4 Å². The highest BCUT2D eigenvalue weighted by molar-refractivity contribution is 5.81. The molecule has 0 saturated carbocycles. The highest BCUT2D eigenvalue weighted by Crippen LogP contribution is 2.20. The molecular weight excluding hydrogens is 244 g/mol. The summed E-state index contributed by atoms with van der Waals surface area (Å²) in [5, 5.41) is 6.68. The van der Waals surface area contributed by atoms with E-state index in [-0.39, 0.29) is 17.9 Å². The predicted octanol–water partition coefficient (Wildman–Crippen LogP) is 1.29. The topological polar surface area (TPSA) is 71.3 Å². The summed E-state index contributed by atoms with van der Waals surface area (Å²) in [4.78, 5) is 18.4. The number of likely N-dealkylation sites (tertiary alicyclic amines) is 1. The molecule has 0 bridgehead atoms. The summed E-state index contributed by atoms with van der Waals surface area (Å²) in [6, 6.07) is -0.0758. The van der Waals surface area contributed by atoms with E-state index in [0.29, 0.717) is 12.4 Å². The summed E-state index contributed by atoms with van der Waals surface area (Å²) in [5.41, 5.74) is 0. The summed E-state index contributed by atoms with van der Waals surface area (Å²) in [5.74, 6) is 1.65. The molecule has 2 heterocycles. The Morgan fingerprint density at radius 2 is 2.32 bits per heavy atom. The zero-order valence-electron chi connectivity index (χ0n) is 11.8. The van der Waals surface area contributed by atoms with Gasteiger partial charge in [0.2, 0.25) is 11.8 Å². The molecule has 1 saturated heterocycles. The molecule has 6 nitrogen and oxygen atoms in total. The van der Waals surface area contributed by atoms with Gasteiger partial charge in [-0.2, -0.15) is 4.98 Å². The largest absolute Gasteiger partial charge is 0.358 e. The summed E-state index contributed by atoms with van der Waals surface area (Å²) in [6.07, 6.45) is 3.10. The molecular formula is C13H22N4O2. The third kappa shape index (κ3) is 3.32. The molecule has 1 N–H and O–H groups in total. The molecule has 1 unspecified atom stereocenters. The van der Waals surface area contributed by atoms with E-state index in [0.717, 1.165) is 31.6 Å². The number of carbonyl (C=O) groups excluding carboxylic acids is 1. The Balaban J connectivity index is 2.04. The summed E-state index contributed by atoms with van der Waals surface area (Å²) in [7, 11) is 1.68. The van der Waals surface area contributed by atoms with Gasteiger partial charge in [-0.3, -0.25) is 9.69 Å². The Morgan fingerprint density at radius 1 is 1.53 bits per heavy atom. The molecule has 0 aromatic carbocycles. The monoisotopic (exact) mass is 266 g/mol. The molecule has 2 rings (SSSR count). The number of amides is 1. The van der Waals surface area contributed by atoms with Gasteiger partial charge in [-0.15, -0.1) is 0 Å². The quantitative estimate of drug-likeness (QED) is 0.889. The third-order valence-electron chi connectivity index (χ3n) is 3.50. The van der Waals surface area contributed by atoms with E-state index in [1.165, 1.54) is 0 Å². The first-order chi connectivity index (χ1) is 9.11. The molecule has 1 aliphatic heterocycles. The van der Waals surface area contributed by atoms with E-state index in [4.69, 9.17) is 4.52 Å². The van der Waals surface area contributed by atoms with E-state index in [1.54, 1.807) is 7.05 Å². The van der Waals surface area contributed by atoms with Crippen LogP contribution in [0.1, 0.15) is 50.7 Å². The van der Waals surface area contributed by atoms with Crippen LogP contribution in [0.2, 0.25) is 0 Å². The van der Waals surface area contributed by atoms with Crippen molar-refractivity contribution in [2.45, 2.75) is 51.6 Å². The van der Waals surface area contributed by atoms with Crippen molar-refractivity contribution in [3.05, 3.63) is 11.7 Å². The first-order valence-corrected chi connectivity index (χ1v) is 6.90. The van der Waals surface area contributed by atoms with Crippen molar-refractivity contribution in [3.8, 4) is 0 Å². The molecule has 0 aliphatic carbocycles. The predicted molar refractivity (Wildman–Crippen MR) is 70.5 cm³/mol. The Morgan fingerprint density at radius 3 is 2.95 bits per heavy atom. The minimum Gasteiger partial charge on any atom is -0.358 e. The van der Waals surface area contributed by atoms with Crippen LogP contribution in [0, 0.1) is 0 Å². The van der Waals surface area contributed by atoms with Crippen molar-refractivity contribution < 1.29 is 9.32 Å². The van der Waals surface area contributed by atoms with Crippen LogP contribution < -0.4 is 5.32 Å². The first kappa shape index (κ1) is 14.0. The highest BCUT2D eigenvalue weighted by atomic mass is 16.5. The van der Waals surface area contributed by atoms with Gasteiger partial charge in [0.25, 0.3) is 0 Å². The molecule has 19 heavy (non-hydrogen) atoms. The fourth-order valence-electron chi connectivity index (χ4n) is 2.38. The number of nitrogens with one attached hydrogen (secondary N) is 1. The van der Waals surface area contributed by atoms with Crippen LogP contribution in [-0.4, -0.2) is 40.6 Å². The SMILES string of the molecule is CNC(=O)C1CCCCN1Cc1nc(C(C)C)no1. The standard InChI is InChI=1S/C13H22N4O2/c1-9(2)12-15-11(19-16-12)8-17-7-5-4-6-10(17)13(18)14-3/h9-10H,4-8H2,1-3H3,(H,14,18). The Bertz CT molecular complexity index is 430. The maximum absolute atomic E-state index is 11.9. The molecule has 1 fully saturated rings. The first-order valence-electron chi connectivity index (χ1n) is 6.90. The van der Waals surface area contributed by atoms with Crippen LogP contribution in [0.15, 0.2) is 4.52 Å². The lowest BCUT2D eigenvalue weighted by Crippen LogP contribution is -2.48. The van der Waals surface area contributed by atoms with Crippen LogP contribution >= 0.6 is 0 Å². The third-order valence-corrected chi connectivity index (χ3v) is 3.50.